The van der Waals surface area contributed by atoms with E-state index in [1.165, 1.54) is 0 Å². The monoisotopic (exact) mass is 255 g/mol. The third-order valence-corrected chi connectivity index (χ3v) is 2.38. The number of hydrogen-bond acceptors (Lipinski definition) is 4. The van der Waals surface area contributed by atoms with Crippen molar-refractivity contribution in [3.63, 3.8) is 0 Å². The van der Waals surface area contributed by atoms with Crippen LogP contribution in [0, 0.1) is 11.8 Å². The summed E-state index contributed by atoms with van der Waals surface area (Å²) < 4.78 is 4.93. The number of carbonyl (C=O) groups is 1. The number of aromatic nitrogens is 1. The fourth-order valence-corrected chi connectivity index (χ4v) is 1.49. The van der Waals surface area contributed by atoms with Gasteiger partial charge >= 0.3 is 0 Å². The van der Waals surface area contributed by atoms with E-state index >= 15 is 0 Å². The predicted octanol–water partition coefficient (Wildman–Crippen LogP) is 0.915. The van der Waals surface area contributed by atoms with Crippen molar-refractivity contribution in [2.24, 2.45) is 5.73 Å². The predicted molar refractivity (Wildman–Crippen MR) is 70.0 cm³/mol. The van der Waals surface area contributed by atoms with E-state index in [1.54, 1.807) is 36.9 Å². The van der Waals surface area contributed by atoms with Gasteiger partial charge in [0.25, 0.3) is 5.91 Å². The number of carbonyl (C=O) groups excluding carboxylic acids is 1. The Morgan fingerprint density at radius 3 is 3.11 bits per heavy atom. The molecule has 2 aromatic rings. The second kappa shape index (κ2) is 6.38. The average Bonchev–Trinajstić information content (AvgIpc) is 2.96. The molecule has 0 bridgehead atoms. The highest BCUT2D eigenvalue weighted by atomic mass is 16.3. The Morgan fingerprint density at radius 1 is 1.47 bits per heavy atom. The largest absolute Gasteiger partial charge is 0.472 e. The fraction of sp³-hybridized carbons (Fsp3) is 0.143. The Bertz CT molecular complexity index is 609. The molecule has 0 aliphatic rings. The van der Waals surface area contributed by atoms with Crippen molar-refractivity contribution < 1.29 is 9.21 Å². The van der Waals surface area contributed by atoms with Gasteiger partial charge in [-0.2, -0.15) is 0 Å². The third-order valence-electron chi connectivity index (χ3n) is 2.38. The van der Waals surface area contributed by atoms with E-state index in [0.717, 1.165) is 5.56 Å². The van der Waals surface area contributed by atoms with Crippen LogP contribution in [-0.4, -0.2) is 17.4 Å². The smallest absolute Gasteiger partial charge is 0.271 e. The molecule has 0 saturated heterocycles. The van der Waals surface area contributed by atoms with E-state index in [2.05, 4.69) is 22.1 Å². The van der Waals surface area contributed by atoms with Gasteiger partial charge in [0, 0.05) is 18.3 Å². The highest BCUT2D eigenvalue weighted by Crippen LogP contribution is 2.05. The first kappa shape index (κ1) is 12.9. The van der Waals surface area contributed by atoms with Crippen LogP contribution < -0.4 is 11.1 Å². The van der Waals surface area contributed by atoms with Gasteiger partial charge in [0.1, 0.15) is 5.69 Å². The van der Waals surface area contributed by atoms with Crippen molar-refractivity contribution in [2.75, 3.05) is 6.54 Å². The maximum atomic E-state index is 12.0. The molecule has 5 nitrogen and oxygen atoms in total. The van der Waals surface area contributed by atoms with Crippen LogP contribution in [-0.2, 0) is 6.54 Å². The lowest BCUT2D eigenvalue weighted by atomic mass is 10.2. The van der Waals surface area contributed by atoms with E-state index in [4.69, 9.17) is 10.2 Å². The summed E-state index contributed by atoms with van der Waals surface area (Å²) in [4.78, 5) is 16.1. The summed E-state index contributed by atoms with van der Waals surface area (Å²) >= 11 is 0. The first-order valence-electron chi connectivity index (χ1n) is 5.74. The first-order chi connectivity index (χ1) is 9.31. The van der Waals surface area contributed by atoms with Crippen molar-refractivity contribution in [3.05, 3.63) is 53.7 Å². The van der Waals surface area contributed by atoms with E-state index in [0.29, 0.717) is 17.8 Å². The second-order valence-corrected chi connectivity index (χ2v) is 3.72. The molecule has 0 radical (unpaired) electrons. The highest BCUT2D eigenvalue weighted by Gasteiger charge is 2.11. The van der Waals surface area contributed by atoms with Crippen LogP contribution in [0.25, 0.3) is 0 Å². The molecule has 0 aliphatic carbocycles. The highest BCUT2D eigenvalue weighted by molar-refractivity contribution is 5.94. The molecule has 3 N–H and O–H groups in total. The summed E-state index contributed by atoms with van der Waals surface area (Å²) in [6, 6.07) is 5.25. The number of pyridine rings is 1. The van der Waals surface area contributed by atoms with Crippen LogP contribution in [0.5, 0.6) is 0 Å². The minimum Gasteiger partial charge on any atom is -0.472 e. The normalized spacial score (nSPS) is 9.53. The van der Waals surface area contributed by atoms with Gasteiger partial charge in [-0.1, -0.05) is 11.8 Å². The topological polar surface area (TPSA) is 81.1 Å². The lowest BCUT2D eigenvalue weighted by Crippen LogP contribution is -2.24. The maximum absolute atomic E-state index is 12.0. The zero-order chi connectivity index (χ0) is 13.5. The molecule has 96 valence electrons. The number of rotatable bonds is 3. The number of nitrogens with two attached hydrogens (primary N) is 1. The Morgan fingerprint density at radius 2 is 2.37 bits per heavy atom. The molecular formula is C14H13N3O2. The molecule has 0 spiro atoms. The molecule has 2 rings (SSSR count). The molecule has 5 heteroatoms. The minimum absolute atomic E-state index is 0.241. The van der Waals surface area contributed by atoms with Crippen LogP contribution in [0.1, 0.15) is 21.6 Å². The molecular weight excluding hydrogens is 242 g/mol. The molecule has 0 aromatic carbocycles. The van der Waals surface area contributed by atoms with Crippen LogP contribution in [0.15, 0.2) is 41.3 Å². The van der Waals surface area contributed by atoms with Gasteiger partial charge in [-0.25, -0.2) is 4.98 Å². The van der Waals surface area contributed by atoms with Gasteiger partial charge in [0.05, 0.1) is 24.6 Å². The van der Waals surface area contributed by atoms with Crippen molar-refractivity contribution >= 4 is 5.91 Å². The van der Waals surface area contributed by atoms with Gasteiger partial charge in [0.2, 0.25) is 0 Å². The molecule has 0 aliphatic heterocycles. The lowest BCUT2D eigenvalue weighted by molar-refractivity contribution is 0.0945. The van der Waals surface area contributed by atoms with Gasteiger partial charge in [-0.15, -0.1) is 0 Å². The van der Waals surface area contributed by atoms with Crippen molar-refractivity contribution in [3.8, 4) is 11.8 Å². The van der Waals surface area contributed by atoms with Crippen LogP contribution >= 0.6 is 0 Å². The number of amides is 1. The Balaban J connectivity index is 2.10. The minimum atomic E-state index is -0.275. The molecule has 2 aromatic heterocycles. The van der Waals surface area contributed by atoms with E-state index in [-0.39, 0.29) is 12.5 Å². The summed E-state index contributed by atoms with van der Waals surface area (Å²) in [7, 11) is 0. The maximum Gasteiger partial charge on any atom is 0.271 e. The lowest BCUT2D eigenvalue weighted by Gasteiger charge is -2.04. The number of hydrogen-bond donors (Lipinski definition) is 2. The SMILES string of the molecule is NCC#Cc1cccnc1C(=O)NCc1ccoc1. The Kier molecular flexibility index (Phi) is 4.32. The van der Waals surface area contributed by atoms with Crippen LogP contribution in [0.3, 0.4) is 0 Å². The molecule has 1 amide bonds. The van der Waals surface area contributed by atoms with Crippen molar-refractivity contribution in [2.45, 2.75) is 6.54 Å². The zero-order valence-corrected chi connectivity index (χ0v) is 10.2. The van der Waals surface area contributed by atoms with Gasteiger partial charge in [0.15, 0.2) is 0 Å². The molecule has 0 saturated carbocycles. The Labute approximate surface area is 110 Å². The average molecular weight is 255 g/mol. The van der Waals surface area contributed by atoms with E-state index in [9.17, 15) is 4.79 Å². The molecule has 19 heavy (non-hydrogen) atoms. The van der Waals surface area contributed by atoms with Gasteiger partial charge < -0.3 is 15.5 Å². The zero-order valence-electron chi connectivity index (χ0n) is 10.2. The molecule has 0 fully saturated rings. The van der Waals surface area contributed by atoms with Crippen molar-refractivity contribution in [1.29, 1.82) is 0 Å². The number of nitrogens with one attached hydrogen (secondary N) is 1. The van der Waals surface area contributed by atoms with Crippen molar-refractivity contribution in [1.82, 2.24) is 10.3 Å². The van der Waals surface area contributed by atoms with E-state index in [1.807, 2.05) is 0 Å². The number of nitrogens with zero attached hydrogens (tertiary/aromatic N) is 1. The second-order valence-electron chi connectivity index (χ2n) is 3.72. The standard InChI is InChI=1S/C14H13N3O2/c15-6-1-3-12-4-2-7-16-13(12)14(18)17-9-11-5-8-19-10-11/h2,4-5,7-8,10H,6,9,15H2,(H,17,18). The van der Waals surface area contributed by atoms with Crippen LogP contribution in [0.2, 0.25) is 0 Å². The quantitative estimate of drug-likeness (QED) is 0.799. The summed E-state index contributed by atoms with van der Waals surface area (Å²) in [6.07, 6.45) is 4.69. The van der Waals surface area contributed by atoms with Crippen LogP contribution in [0.4, 0.5) is 0 Å². The molecule has 0 unspecified atom stereocenters. The van der Waals surface area contributed by atoms with E-state index < -0.39 is 0 Å². The van der Waals surface area contributed by atoms with Gasteiger partial charge in [-0.05, 0) is 18.2 Å². The van der Waals surface area contributed by atoms with Gasteiger partial charge in [-0.3, -0.25) is 4.79 Å². The summed E-state index contributed by atoms with van der Waals surface area (Å²) in [5.74, 6) is 5.27. The summed E-state index contributed by atoms with van der Waals surface area (Å²) in [6.45, 7) is 0.626. The first-order valence-corrected chi connectivity index (χ1v) is 5.74. The number of furan rings is 1. The third kappa shape index (κ3) is 3.44. The summed E-state index contributed by atoms with van der Waals surface area (Å²) in [5.41, 5.74) is 7.07. The molecule has 0 atom stereocenters. The Hall–Kier alpha value is -2.58. The summed E-state index contributed by atoms with van der Waals surface area (Å²) in [5, 5.41) is 2.76. The fourth-order valence-electron chi connectivity index (χ4n) is 1.49. The molecule has 2 heterocycles.